The van der Waals surface area contributed by atoms with Gasteiger partial charge in [0.1, 0.15) is 11.1 Å². The molecule has 1 aromatic carbocycles. The molecule has 0 amide bonds. The molecule has 0 radical (unpaired) electrons. The van der Waals surface area contributed by atoms with Crippen molar-refractivity contribution in [1.82, 2.24) is 9.55 Å². The molecule has 2 aromatic rings. The summed E-state index contributed by atoms with van der Waals surface area (Å²) >= 11 is 0. The van der Waals surface area contributed by atoms with Crippen molar-refractivity contribution in [2.75, 3.05) is 7.11 Å². The van der Waals surface area contributed by atoms with E-state index < -0.39 is 5.97 Å². The van der Waals surface area contributed by atoms with Gasteiger partial charge in [-0.05, 0) is 12.1 Å². The number of hydrogen-bond acceptors (Lipinski definition) is 3. The molecule has 0 aliphatic heterocycles. The van der Waals surface area contributed by atoms with Crippen LogP contribution < -0.4 is 4.74 Å². The number of carboxylic acid groups (broad SMARTS) is 1. The van der Waals surface area contributed by atoms with Gasteiger partial charge in [-0.25, -0.2) is 9.78 Å². The molecule has 5 heteroatoms. The molecule has 1 N–H and O–H groups in total. The summed E-state index contributed by atoms with van der Waals surface area (Å²) in [5.41, 5.74) is 1.56. The van der Waals surface area contributed by atoms with E-state index in [-0.39, 0.29) is 5.56 Å². The minimum absolute atomic E-state index is 0.147. The Morgan fingerprint density at radius 3 is 2.87 bits per heavy atom. The number of aromatic nitrogens is 2. The van der Waals surface area contributed by atoms with Gasteiger partial charge in [0.25, 0.3) is 0 Å². The Kier molecular flexibility index (Phi) is 2.07. The highest BCUT2D eigenvalue weighted by atomic mass is 16.5. The lowest BCUT2D eigenvalue weighted by atomic mass is 10.1. The molecule has 0 atom stereocenters. The van der Waals surface area contributed by atoms with Crippen LogP contribution in [0, 0.1) is 0 Å². The zero-order valence-corrected chi connectivity index (χ0v) is 8.39. The van der Waals surface area contributed by atoms with Gasteiger partial charge in [0, 0.05) is 7.05 Å². The van der Waals surface area contributed by atoms with Crippen LogP contribution in [0.15, 0.2) is 18.5 Å². The molecule has 15 heavy (non-hydrogen) atoms. The van der Waals surface area contributed by atoms with E-state index in [1.165, 1.54) is 13.2 Å². The first-order valence-electron chi connectivity index (χ1n) is 4.36. The van der Waals surface area contributed by atoms with Crippen LogP contribution in [0.25, 0.3) is 11.0 Å². The zero-order valence-electron chi connectivity index (χ0n) is 8.39. The number of imidazole rings is 1. The second-order valence-electron chi connectivity index (χ2n) is 3.17. The van der Waals surface area contributed by atoms with Gasteiger partial charge in [-0.1, -0.05) is 0 Å². The number of methoxy groups -OCH3 is 1. The third-order valence-corrected chi connectivity index (χ3v) is 2.27. The van der Waals surface area contributed by atoms with Gasteiger partial charge in [-0.3, -0.25) is 0 Å². The predicted octanol–water partition coefficient (Wildman–Crippen LogP) is 1.28. The number of carboxylic acids is 1. The maximum Gasteiger partial charge on any atom is 0.339 e. The first kappa shape index (κ1) is 9.51. The highest BCUT2D eigenvalue weighted by molar-refractivity contribution is 5.98. The number of rotatable bonds is 2. The molecule has 1 aromatic heterocycles. The Labute approximate surface area is 85.9 Å². The number of hydrogen-bond donors (Lipinski definition) is 1. The molecular formula is C10H10N2O3. The summed E-state index contributed by atoms with van der Waals surface area (Å²) in [6.07, 6.45) is 1.62. The SMILES string of the molecule is COc1c(C(=O)O)ccc2ncn(C)c12. The van der Waals surface area contributed by atoms with Gasteiger partial charge in [-0.2, -0.15) is 0 Å². The summed E-state index contributed by atoms with van der Waals surface area (Å²) in [5, 5.41) is 8.97. The molecule has 0 saturated carbocycles. The summed E-state index contributed by atoms with van der Waals surface area (Å²) in [7, 11) is 3.25. The second-order valence-corrected chi connectivity index (χ2v) is 3.17. The van der Waals surface area contributed by atoms with E-state index in [0.717, 1.165) is 5.52 Å². The maximum atomic E-state index is 10.9. The van der Waals surface area contributed by atoms with Gasteiger partial charge in [0.2, 0.25) is 0 Å². The third kappa shape index (κ3) is 1.32. The zero-order chi connectivity index (χ0) is 11.0. The Morgan fingerprint density at radius 1 is 1.53 bits per heavy atom. The smallest absolute Gasteiger partial charge is 0.339 e. The molecule has 0 fully saturated rings. The van der Waals surface area contributed by atoms with E-state index in [1.807, 2.05) is 0 Å². The normalized spacial score (nSPS) is 10.5. The van der Waals surface area contributed by atoms with Crippen LogP contribution in [0.5, 0.6) is 5.75 Å². The molecule has 5 nitrogen and oxygen atoms in total. The number of carbonyl (C=O) groups is 1. The summed E-state index contributed by atoms with van der Waals surface area (Å²) in [4.78, 5) is 15.1. The van der Waals surface area contributed by atoms with Crippen molar-refractivity contribution < 1.29 is 14.6 Å². The number of ether oxygens (including phenoxy) is 1. The van der Waals surface area contributed by atoms with Gasteiger partial charge < -0.3 is 14.4 Å². The Morgan fingerprint density at radius 2 is 2.27 bits per heavy atom. The fourth-order valence-electron chi connectivity index (χ4n) is 1.59. The van der Waals surface area contributed by atoms with Gasteiger partial charge in [0.05, 0.1) is 19.0 Å². The lowest BCUT2D eigenvalue weighted by Crippen LogP contribution is -2.02. The van der Waals surface area contributed by atoms with Crippen molar-refractivity contribution >= 4 is 17.0 Å². The van der Waals surface area contributed by atoms with Crippen molar-refractivity contribution in [2.45, 2.75) is 0 Å². The van der Waals surface area contributed by atoms with Crippen molar-refractivity contribution in [1.29, 1.82) is 0 Å². The first-order valence-corrected chi connectivity index (χ1v) is 4.36. The minimum atomic E-state index is -1.00. The van der Waals surface area contributed by atoms with Crippen molar-refractivity contribution in [3.63, 3.8) is 0 Å². The van der Waals surface area contributed by atoms with E-state index in [4.69, 9.17) is 9.84 Å². The molecule has 0 saturated heterocycles. The Hall–Kier alpha value is -2.04. The quantitative estimate of drug-likeness (QED) is 0.803. The Balaban J connectivity index is 2.85. The van der Waals surface area contributed by atoms with Crippen molar-refractivity contribution in [3.05, 3.63) is 24.0 Å². The third-order valence-electron chi connectivity index (χ3n) is 2.27. The molecular weight excluding hydrogens is 196 g/mol. The molecule has 2 rings (SSSR count). The summed E-state index contributed by atoms with van der Waals surface area (Å²) < 4.78 is 6.85. The minimum Gasteiger partial charge on any atom is -0.494 e. The molecule has 0 spiro atoms. The average molecular weight is 206 g/mol. The van der Waals surface area contributed by atoms with Gasteiger partial charge in [-0.15, -0.1) is 0 Å². The van der Waals surface area contributed by atoms with E-state index >= 15 is 0 Å². The summed E-state index contributed by atoms with van der Waals surface area (Å²) in [5.74, 6) is -0.657. The van der Waals surface area contributed by atoms with Crippen LogP contribution in [0.1, 0.15) is 10.4 Å². The molecule has 1 heterocycles. The van der Waals surface area contributed by atoms with E-state index in [2.05, 4.69) is 4.98 Å². The van der Waals surface area contributed by atoms with Crippen LogP contribution in [-0.4, -0.2) is 27.7 Å². The largest absolute Gasteiger partial charge is 0.494 e. The fourth-order valence-corrected chi connectivity index (χ4v) is 1.59. The monoisotopic (exact) mass is 206 g/mol. The highest BCUT2D eigenvalue weighted by Gasteiger charge is 2.16. The molecule has 0 bridgehead atoms. The van der Waals surface area contributed by atoms with Crippen LogP contribution >= 0.6 is 0 Å². The number of fused-ring (bicyclic) bond motifs is 1. The topological polar surface area (TPSA) is 64.3 Å². The van der Waals surface area contributed by atoms with Gasteiger partial charge in [0.15, 0.2) is 5.75 Å². The Bertz CT molecular complexity index is 531. The van der Waals surface area contributed by atoms with Crippen LogP contribution in [-0.2, 0) is 7.05 Å². The molecule has 0 unspecified atom stereocenters. The highest BCUT2D eigenvalue weighted by Crippen LogP contribution is 2.28. The lowest BCUT2D eigenvalue weighted by Gasteiger charge is -2.07. The number of benzene rings is 1. The van der Waals surface area contributed by atoms with E-state index in [9.17, 15) is 4.79 Å². The van der Waals surface area contributed by atoms with E-state index in [0.29, 0.717) is 11.3 Å². The van der Waals surface area contributed by atoms with Crippen LogP contribution in [0.3, 0.4) is 0 Å². The average Bonchev–Trinajstić information content (AvgIpc) is 2.59. The summed E-state index contributed by atoms with van der Waals surface area (Å²) in [6.45, 7) is 0. The fraction of sp³-hybridized carbons (Fsp3) is 0.200. The predicted molar refractivity (Wildman–Crippen MR) is 54.2 cm³/mol. The number of nitrogens with zero attached hydrogens (tertiary/aromatic N) is 2. The van der Waals surface area contributed by atoms with Crippen LogP contribution in [0.2, 0.25) is 0 Å². The van der Waals surface area contributed by atoms with Gasteiger partial charge >= 0.3 is 5.97 Å². The number of aryl methyl sites for hydroxylation is 1. The second kappa shape index (κ2) is 3.27. The first-order chi connectivity index (χ1) is 7.15. The standard InChI is InChI=1S/C10H10N2O3/c1-12-5-11-7-4-3-6(10(13)14)9(15-2)8(7)12/h3-5H,1-2H3,(H,13,14). The lowest BCUT2D eigenvalue weighted by molar-refractivity contribution is 0.0693. The maximum absolute atomic E-state index is 10.9. The van der Waals surface area contributed by atoms with Crippen molar-refractivity contribution in [2.24, 2.45) is 7.05 Å². The number of aromatic carboxylic acids is 1. The molecule has 0 aliphatic rings. The summed E-state index contributed by atoms with van der Waals surface area (Å²) in [6, 6.07) is 3.16. The van der Waals surface area contributed by atoms with Crippen molar-refractivity contribution in [3.8, 4) is 5.75 Å². The molecule has 0 aliphatic carbocycles. The van der Waals surface area contributed by atoms with E-state index in [1.54, 1.807) is 24.0 Å². The van der Waals surface area contributed by atoms with Crippen LogP contribution in [0.4, 0.5) is 0 Å². The molecule has 78 valence electrons.